The van der Waals surface area contributed by atoms with E-state index < -0.39 is 0 Å². The van der Waals surface area contributed by atoms with Gasteiger partial charge in [0, 0.05) is 6.42 Å². The number of hydrogen-bond acceptors (Lipinski definition) is 3. The van der Waals surface area contributed by atoms with E-state index in [1.165, 1.54) is 5.56 Å². The second-order valence-electron chi connectivity index (χ2n) is 5.05. The summed E-state index contributed by atoms with van der Waals surface area (Å²) in [5, 5.41) is 0. The lowest BCUT2D eigenvalue weighted by Gasteiger charge is -2.21. The fraction of sp³-hybridized carbons (Fsp3) is 0.588. The molecule has 0 aliphatic rings. The third-order valence-electron chi connectivity index (χ3n) is 3.46. The lowest BCUT2D eigenvalue weighted by Crippen LogP contribution is -2.33. The van der Waals surface area contributed by atoms with Crippen molar-refractivity contribution >= 4 is 5.97 Å². The van der Waals surface area contributed by atoms with Gasteiger partial charge in [-0.2, -0.15) is 0 Å². The highest BCUT2D eigenvalue weighted by atomic mass is 16.5. The Morgan fingerprint density at radius 2 is 1.80 bits per heavy atom. The van der Waals surface area contributed by atoms with Gasteiger partial charge >= 0.3 is 5.97 Å². The molecule has 20 heavy (non-hydrogen) atoms. The van der Waals surface area contributed by atoms with E-state index in [1.807, 2.05) is 18.2 Å². The van der Waals surface area contributed by atoms with E-state index in [0.29, 0.717) is 6.54 Å². The number of likely N-dealkylation sites (N-methyl/N-ethyl adjacent to an activating group) is 1. The van der Waals surface area contributed by atoms with E-state index in [0.717, 1.165) is 32.4 Å². The van der Waals surface area contributed by atoms with Gasteiger partial charge in [0.05, 0.1) is 6.54 Å². The zero-order valence-corrected chi connectivity index (χ0v) is 13.0. The number of nitrogens with zero attached hydrogens (tertiary/aromatic N) is 1. The molecule has 0 aliphatic carbocycles. The van der Waals surface area contributed by atoms with Crippen LogP contribution in [0.25, 0.3) is 0 Å². The van der Waals surface area contributed by atoms with Gasteiger partial charge < -0.3 is 4.74 Å². The van der Waals surface area contributed by atoms with Gasteiger partial charge in [-0.1, -0.05) is 57.5 Å². The zero-order chi connectivity index (χ0) is 14.8. The van der Waals surface area contributed by atoms with Crippen LogP contribution in [-0.4, -0.2) is 36.6 Å². The fourth-order valence-corrected chi connectivity index (χ4v) is 2.25. The Morgan fingerprint density at radius 1 is 1.15 bits per heavy atom. The van der Waals surface area contributed by atoms with E-state index in [4.69, 9.17) is 4.74 Å². The van der Waals surface area contributed by atoms with Crippen LogP contribution in [0.15, 0.2) is 30.3 Å². The summed E-state index contributed by atoms with van der Waals surface area (Å²) in [6.07, 6.45) is 2.73. The summed E-state index contributed by atoms with van der Waals surface area (Å²) < 4.78 is 5.65. The summed E-state index contributed by atoms with van der Waals surface area (Å²) in [6, 6.07) is 10.2. The first-order valence-corrected chi connectivity index (χ1v) is 7.65. The second-order valence-corrected chi connectivity index (χ2v) is 5.05. The Bertz CT molecular complexity index is 374. The summed E-state index contributed by atoms with van der Waals surface area (Å²) >= 11 is 0. The maximum Gasteiger partial charge on any atom is 0.320 e. The number of carbonyl (C=O) groups excluding carboxylic acids is 1. The van der Waals surface area contributed by atoms with E-state index in [-0.39, 0.29) is 12.1 Å². The van der Waals surface area contributed by atoms with Crippen molar-refractivity contribution < 1.29 is 9.53 Å². The summed E-state index contributed by atoms with van der Waals surface area (Å²) in [6.45, 7) is 8.39. The Kier molecular flexibility index (Phi) is 7.97. The summed E-state index contributed by atoms with van der Waals surface area (Å²) in [7, 11) is 0. The van der Waals surface area contributed by atoms with Gasteiger partial charge in [-0.15, -0.1) is 0 Å². The standard InChI is InChI=1S/C17H27NO2/c1-4-10-16(13-15-11-8-7-9-12-15)20-17(19)14-18(5-2)6-3/h7-9,11-12,16H,4-6,10,13-14H2,1-3H3. The highest BCUT2D eigenvalue weighted by Gasteiger charge is 2.16. The molecule has 1 rings (SSSR count). The third-order valence-corrected chi connectivity index (χ3v) is 3.46. The number of hydrogen-bond donors (Lipinski definition) is 0. The number of carbonyl (C=O) groups is 1. The van der Waals surface area contributed by atoms with Crippen LogP contribution in [0.1, 0.15) is 39.2 Å². The highest BCUT2D eigenvalue weighted by molar-refractivity contribution is 5.71. The highest BCUT2D eigenvalue weighted by Crippen LogP contribution is 2.11. The van der Waals surface area contributed by atoms with Crippen LogP contribution in [0, 0.1) is 0 Å². The average molecular weight is 277 g/mol. The van der Waals surface area contributed by atoms with Crippen LogP contribution in [0.2, 0.25) is 0 Å². The molecular weight excluding hydrogens is 250 g/mol. The normalized spacial score (nSPS) is 12.4. The van der Waals surface area contributed by atoms with Crippen LogP contribution in [0.5, 0.6) is 0 Å². The minimum absolute atomic E-state index is 0.00883. The maximum atomic E-state index is 12.0. The largest absolute Gasteiger partial charge is 0.461 e. The molecule has 0 amide bonds. The predicted octanol–water partition coefficient (Wildman–Crippen LogP) is 3.28. The van der Waals surface area contributed by atoms with E-state index in [9.17, 15) is 4.79 Å². The molecule has 0 saturated heterocycles. The Hall–Kier alpha value is -1.35. The van der Waals surface area contributed by atoms with Crippen LogP contribution in [-0.2, 0) is 16.0 Å². The van der Waals surface area contributed by atoms with Crippen molar-refractivity contribution in [3.63, 3.8) is 0 Å². The van der Waals surface area contributed by atoms with Crippen molar-refractivity contribution in [2.75, 3.05) is 19.6 Å². The van der Waals surface area contributed by atoms with Crippen LogP contribution < -0.4 is 0 Å². The molecule has 0 saturated carbocycles. The molecule has 0 heterocycles. The lowest BCUT2D eigenvalue weighted by atomic mass is 10.0. The Labute approximate surface area is 122 Å². The van der Waals surface area contributed by atoms with Crippen molar-refractivity contribution in [3.05, 3.63) is 35.9 Å². The molecule has 1 unspecified atom stereocenters. The minimum Gasteiger partial charge on any atom is -0.461 e. The topological polar surface area (TPSA) is 29.5 Å². The number of esters is 1. The van der Waals surface area contributed by atoms with Gasteiger partial charge in [-0.05, 0) is 25.1 Å². The van der Waals surface area contributed by atoms with Crippen LogP contribution in [0.3, 0.4) is 0 Å². The zero-order valence-electron chi connectivity index (χ0n) is 13.0. The van der Waals surface area contributed by atoms with Crippen molar-refractivity contribution in [2.45, 2.75) is 46.1 Å². The molecule has 112 valence electrons. The Balaban J connectivity index is 2.51. The van der Waals surface area contributed by atoms with E-state index >= 15 is 0 Å². The van der Waals surface area contributed by atoms with Crippen molar-refractivity contribution in [2.24, 2.45) is 0 Å². The van der Waals surface area contributed by atoms with Crippen molar-refractivity contribution in [1.29, 1.82) is 0 Å². The first kappa shape index (κ1) is 16.7. The van der Waals surface area contributed by atoms with Gasteiger partial charge in [0.25, 0.3) is 0 Å². The molecule has 0 radical (unpaired) electrons. The molecule has 0 N–H and O–H groups in total. The first-order chi connectivity index (χ1) is 9.69. The Morgan fingerprint density at radius 3 is 2.35 bits per heavy atom. The first-order valence-electron chi connectivity index (χ1n) is 7.65. The van der Waals surface area contributed by atoms with Gasteiger partial charge in [-0.25, -0.2) is 0 Å². The molecule has 1 aromatic carbocycles. The maximum absolute atomic E-state index is 12.0. The summed E-state index contributed by atoms with van der Waals surface area (Å²) in [4.78, 5) is 14.1. The van der Waals surface area contributed by atoms with Crippen molar-refractivity contribution in [1.82, 2.24) is 4.90 Å². The second kappa shape index (κ2) is 9.54. The number of ether oxygens (including phenoxy) is 1. The van der Waals surface area contributed by atoms with Crippen LogP contribution in [0.4, 0.5) is 0 Å². The smallest absolute Gasteiger partial charge is 0.320 e. The number of rotatable bonds is 9. The predicted molar refractivity (Wildman–Crippen MR) is 82.7 cm³/mol. The van der Waals surface area contributed by atoms with Crippen LogP contribution >= 0.6 is 0 Å². The van der Waals surface area contributed by atoms with E-state index in [2.05, 4.69) is 37.8 Å². The fourth-order valence-electron chi connectivity index (χ4n) is 2.25. The average Bonchev–Trinajstić information content (AvgIpc) is 2.46. The van der Waals surface area contributed by atoms with Crippen molar-refractivity contribution in [3.8, 4) is 0 Å². The summed E-state index contributed by atoms with van der Waals surface area (Å²) in [5.41, 5.74) is 1.22. The summed E-state index contributed by atoms with van der Waals surface area (Å²) in [5.74, 6) is -0.108. The molecular formula is C17H27NO2. The number of benzene rings is 1. The molecule has 0 bridgehead atoms. The SMILES string of the molecule is CCCC(Cc1ccccc1)OC(=O)CN(CC)CC. The molecule has 3 nitrogen and oxygen atoms in total. The molecule has 1 aromatic rings. The molecule has 3 heteroatoms. The van der Waals surface area contributed by atoms with Gasteiger partial charge in [0.1, 0.15) is 6.10 Å². The molecule has 0 aliphatic heterocycles. The molecule has 0 spiro atoms. The van der Waals surface area contributed by atoms with Gasteiger partial charge in [0.15, 0.2) is 0 Å². The molecule has 0 fully saturated rings. The van der Waals surface area contributed by atoms with E-state index in [1.54, 1.807) is 0 Å². The lowest BCUT2D eigenvalue weighted by molar-refractivity contribution is -0.150. The molecule has 1 atom stereocenters. The monoisotopic (exact) mass is 277 g/mol. The third kappa shape index (κ3) is 6.20. The minimum atomic E-state index is -0.108. The quantitative estimate of drug-likeness (QED) is 0.649. The van der Waals surface area contributed by atoms with Gasteiger partial charge in [0.2, 0.25) is 0 Å². The molecule has 0 aromatic heterocycles. The van der Waals surface area contributed by atoms with Gasteiger partial charge in [-0.3, -0.25) is 9.69 Å².